The lowest BCUT2D eigenvalue weighted by Gasteiger charge is -2.13. The highest BCUT2D eigenvalue weighted by atomic mass is 16.3. The van der Waals surface area contributed by atoms with Crippen LogP contribution in [0, 0.1) is 6.92 Å². The summed E-state index contributed by atoms with van der Waals surface area (Å²) in [7, 11) is 0. The normalized spacial score (nSPS) is 11.9. The first kappa shape index (κ1) is 11.1. The maximum absolute atomic E-state index is 5.52. The quantitative estimate of drug-likeness (QED) is 0.770. The molecule has 0 atom stereocenters. The lowest BCUT2D eigenvalue weighted by Crippen LogP contribution is -2.02. The average Bonchev–Trinajstić information content (AvgIpc) is 2.54. The van der Waals surface area contributed by atoms with Crippen molar-refractivity contribution in [1.82, 2.24) is 9.97 Å². The fourth-order valence-electron chi connectivity index (χ4n) is 1.92. The van der Waals surface area contributed by atoms with E-state index in [1.54, 1.807) is 0 Å². The van der Waals surface area contributed by atoms with Crippen molar-refractivity contribution in [3.05, 3.63) is 23.2 Å². The molecular formula is C13H18N2O. The van der Waals surface area contributed by atoms with Crippen LogP contribution >= 0.6 is 0 Å². The Morgan fingerprint density at radius 2 is 1.75 bits per heavy atom. The number of nitrogens with zero attached hydrogens (tertiary/aromatic N) is 2. The van der Waals surface area contributed by atoms with E-state index in [1.807, 2.05) is 6.92 Å². The lowest BCUT2D eigenvalue weighted by molar-refractivity contribution is 0.560. The second-order valence-electron chi connectivity index (χ2n) is 4.83. The third-order valence-corrected chi connectivity index (χ3v) is 2.72. The minimum Gasteiger partial charge on any atom is -0.439 e. The highest BCUT2D eigenvalue weighted by Gasteiger charge is 2.15. The van der Waals surface area contributed by atoms with Gasteiger partial charge in [0, 0.05) is 12.6 Å². The van der Waals surface area contributed by atoms with Crippen molar-refractivity contribution in [2.75, 3.05) is 0 Å². The smallest absolute Gasteiger partial charge is 0.199 e. The fourth-order valence-corrected chi connectivity index (χ4v) is 1.92. The highest BCUT2D eigenvalue weighted by Crippen LogP contribution is 2.28. The zero-order valence-electron chi connectivity index (χ0n) is 10.5. The van der Waals surface area contributed by atoms with Gasteiger partial charge in [-0.05, 0) is 23.5 Å². The number of hydrogen-bond acceptors (Lipinski definition) is 3. The van der Waals surface area contributed by atoms with E-state index < -0.39 is 0 Å². The first-order valence-electron chi connectivity index (χ1n) is 5.77. The maximum atomic E-state index is 5.52. The largest absolute Gasteiger partial charge is 0.439 e. The molecule has 0 fully saturated rings. The van der Waals surface area contributed by atoms with Gasteiger partial charge in [-0.1, -0.05) is 27.7 Å². The van der Waals surface area contributed by atoms with Gasteiger partial charge in [-0.15, -0.1) is 0 Å². The van der Waals surface area contributed by atoms with Crippen LogP contribution in [-0.4, -0.2) is 9.97 Å². The molecule has 0 unspecified atom stereocenters. The van der Waals surface area contributed by atoms with Gasteiger partial charge in [0.15, 0.2) is 17.1 Å². The van der Waals surface area contributed by atoms with E-state index >= 15 is 0 Å². The molecule has 2 heterocycles. The number of oxazole rings is 1. The van der Waals surface area contributed by atoms with Gasteiger partial charge in [-0.3, -0.25) is 0 Å². The van der Waals surface area contributed by atoms with E-state index in [1.165, 1.54) is 5.56 Å². The number of fused-ring (bicyclic) bond motifs is 1. The van der Waals surface area contributed by atoms with Gasteiger partial charge in [0.05, 0.1) is 0 Å². The second-order valence-corrected chi connectivity index (χ2v) is 4.83. The van der Waals surface area contributed by atoms with E-state index in [0.29, 0.717) is 17.7 Å². The summed E-state index contributed by atoms with van der Waals surface area (Å²) in [4.78, 5) is 8.89. The average molecular weight is 218 g/mol. The fraction of sp³-hybridized carbons (Fsp3) is 0.538. The monoisotopic (exact) mass is 218 g/mol. The molecule has 0 aromatic carbocycles. The Bertz CT molecular complexity index is 467. The van der Waals surface area contributed by atoms with Crippen molar-refractivity contribution in [3.8, 4) is 0 Å². The molecule has 0 saturated carbocycles. The molecule has 0 aliphatic carbocycles. The molecule has 0 aliphatic heterocycles. The Balaban J connectivity index is 2.70. The molecule has 3 nitrogen and oxygen atoms in total. The molecule has 0 saturated heterocycles. The van der Waals surface area contributed by atoms with Crippen LogP contribution in [0.4, 0.5) is 0 Å². The number of hydrogen-bond donors (Lipinski definition) is 0. The van der Waals surface area contributed by atoms with Crippen molar-refractivity contribution in [2.45, 2.75) is 46.5 Å². The maximum Gasteiger partial charge on any atom is 0.199 e. The minimum atomic E-state index is 0.416. The Kier molecular flexibility index (Phi) is 2.70. The van der Waals surface area contributed by atoms with Crippen LogP contribution in [0.25, 0.3) is 11.2 Å². The van der Waals surface area contributed by atoms with Gasteiger partial charge < -0.3 is 4.42 Å². The number of aryl methyl sites for hydroxylation is 1. The summed E-state index contributed by atoms with van der Waals surface area (Å²) in [6.45, 7) is 10.5. The molecule has 0 N–H and O–H groups in total. The molecule has 86 valence electrons. The van der Waals surface area contributed by atoms with Crippen LogP contribution in [0.2, 0.25) is 0 Å². The van der Waals surface area contributed by atoms with Crippen molar-refractivity contribution < 1.29 is 4.42 Å². The standard InChI is InChI=1S/C13H18N2O/c1-7(2)10-6-11-13(14-9(5)16-11)15-12(10)8(3)4/h6-8H,1-5H3. The predicted octanol–water partition coefficient (Wildman–Crippen LogP) is 3.78. The summed E-state index contributed by atoms with van der Waals surface area (Å²) >= 11 is 0. The predicted molar refractivity (Wildman–Crippen MR) is 64.7 cm³/mol. The third kappa shape index (κ3) is 1.82. The summed E-state index contributed by atoms with van der Waals surface area (Å²) in [6, 6.07) is 2.09. The molecule has 2 aromatic rings. The van der Waals surface area contributed by atoms with Crippen LogP contribution in [0.5, 0.6) is 0 Å². The Morgan fingerprint density at radius 1 is 1.06 bits per heavy atom. The number of pyridine rings is 1. The van der Waals surface area contributed by atoms with Crippen molar-refractivity contribution in [3.63, 3.8) is 0 Å². The molecule has 0 aliphatic rings. The molecule has 2 rings (SSSR count). The van der Waals surface area contributed by atoms with Crippen LogP contribution in [0.15, 0.2) is 10.5 Å². The van der Waals surface area contributed by atoms with Crippen molar-refractivity contribution >= 4 is 11.2 Å². The van der Waals surface area contributed by atoms with E-state index in [9.17, 15) is 0 Å². The Morgan fingerprint density at radius 3 is 2.31 bits per heavy atom. The zero-order valence-corrected chi connectivity index (χ0v) is 10.5. The Hall–Kier alpha value is -1.38. The number of aromatic nitrogens is 2. The topological polar surface area (TPSA) is 38.9 Å². The van der Waals surface area contributed by atoms with Gasteiger partial charge >= 0.3 is 0 Å². The first-order valence-corrected chi connectivity index (χ1v) is 5.77. The van der Waals surface area contributed by atoms with Gasteiger partial charge in [0.25, 0.3) is 0 Å². The summed E-state index contributed by atoms with van der Waals surface area (Å²) in [6.07, 6.45) is 0. The summed E-state index contributed by atoms with van der Waals surface area (Å²) in [5, 5.41) is 0. The molecule has 16 heavy (non-hydrogen) atoms. The second kappa shape index (κ2) is 3.89. The summed E-state index contributed by atoms with van der Waals surface area (Å²) < 4.78 is 5.52. The highest BCUT2D eigenvalue weighted by molar-refractivity contribution is 5.69. The summed E-state index contributed by atoms with van der Waals surface area (Å²) in [5.41, 5.74) is 3.92. The van der Waals surface area contributed by atoms with Crippen LogP contribution in [0.3, 0.4) is 0 Å². The molecule has 2 aromatic heterocycles. The van der Waals surface area contributed by atoms with E-state index in [-0.39, 0.29) is 0 Å². The van der Waals surface area contributed by atoms with Gasteiger partial charge in [-0.2, -0.15) is 4.98 Å². The minimum absolute atomic E-state index is 0.416. The van der Waals surface area contributed by atoms with Crippen molar-refractivity contribution in [1.29, 1.82) is 0 Å². The van der Waals surface area contributed by atoms with Crippen LogP contribution in [0.1, 0.15) is 56.7 Å². The summed E-state index contributed by atoms with van der Waals surface area (Å²) in [5.74, 6) is 1.55. The van der Waals surface area contributed by atoms with Gasteiger partial charge in [-0.25, -0.2) is 4.98 Å². The van der Waals surface area contributed by atoms with Crippen LogP contribution < -0.4 is 0 Å². The lowest BCUT2D eigenvalue weighted by atomic mass is 9.95. The third-order valence-electron chi connectivity index (χ3n) is 2.72. The zero-order chi connectivity index (χ0) is 11.9. The molecule has 0 amide bonds. The number of rotatable bonds is 2. The van der Waals surface area contributed by atoms with E-state index in [0.717, 1.165) is 16.9 Å². The molecule has 3 heteroatoms. The molecule has 0 bridgehead atoms. The van der Waals surface area contributed by atoms with Crippen LogP contribution in [-0.2, 0) is 0 Å². The van der Waals surface area contributed by atoms with Gasteiger partial charge in [0.1, 0.15) is 0 Å². The SMILES string of the molecule is Cc1nc2nc(C(C)C)c(C(C)C)cc2o1. The Labute approximate surface area is 95.9 Å². The van der Waals surface area contributed by atoms with Gasteiger partial charge in [0.2, 0.25) is 0 Å². The van der Waals surface area contributed by atoms with E-state index in [2.05, 4.69) is 43.7 Å². The first-order chi connectivity index (χ1) is 7.49. The van der Waals surface area contributed by atoms with Crippen molar-refractivity contribution in [2.24, 2.45) is 0 Å². The molecule has 0 radical (unpaired) electrons. The molecular weight excluding hydrogens is 200 g/mol. The molecule has 0 spiro atoms. The van der Waals surface area contributed by atoms with E-state index in [4.69, 9.17) is 4.42 Å².